The van der Waals surface area contributed by atoms with Crippen LogP contribution in [0.25, 0.3) is 0 Å². The molecule has 3 rings (SSSR count). The number of benzene rings is 2. The summed E-state index contributed by atoms with van der Waals surface area (Å²) in [5.74, 6) is -0.177. The fourth-order valence-electron chi connectivity index (χ4n) is 2.32. The molecule has 1 heterocycles. The number of amides is 1. The van der Waals surface area contributed by atoms with Crippen molar-refractivity contribution in [3.05, 3.63) is 66.2 Å². The van der Waals surface area contributed by atoms with E-state index in [-0.39, 0.29) is 11.8 Å². The number of rotatable bonds is 6. The van der Waals surface area contributed by atoms with Gasteiger partial charge < -0.3 is 19.5 Å². The Morgan fingerprint density at radius 2 is 1.67 bits per heavy atom. The maximum Gasteiger partial charge on any atom is 0.322 e. The van der Waals surface area contributed by atoms with Gasteiger partial charge >= 0.3 is 6.01 Å². The molecule has 0 unspecified atom stereocenters. The van der Waals surface area contributed by atoms with E-state index in [9.17, 15) is 9.18 Å². The molecule has 0 bridgehead atoms. The van der Waals surface area contributed by atoms with Gasteiger partial charge in [-0.2, -0.15) is 0 Å². The Morgan fingerprint density at radius 3 is 2.33 bits per heavy atom. The number of halogens is 1. The average molecular weight is 369 g/mol. The van der Waals surface area contributed by atoms with Gasteiger partial charge in [-0.15, -0.1) is 0 Å². The topological polar surface area (TPSA) is 82.6 Å². The van der Waals surface area contributed by atoms with Crippen molar-refractivity contribution in [2.24, 2.45) is 0 Å². The molecule has 0 atom stereocenters. The first-order chi connectivity index (χ1) is 13.1. The number of ether oxygens (including phenoxy) is 3. The molecular weight excluding hydrogens is 353 g/mol. The van der Waals surface area contributed by atoms with E-state index >= 15 is 0 Å². The molecule has 1 N–H and O–H groups in total. The minimum absolute atomic E-state index is 0.00963. The van der Waals surface area contributed by atoms with Gasteiger partial charge in [-0.1, -0.05) is 18.2 Å². The number of hydrogen-bond donors (Lipinski definition) is 1. The summed E-state index contributed by atoms with van der Waals surface area (Å²) < 4.78 is 29.3. The highest BCUT2D eigenvalue weighted by Crippen LogP contribution is 2.31. The first-order valence-corrected chi connectivity index (χ1v) is 7.89. The highest BCUT2D eigenvalue weighted by atomic mass is 19.1. The zero-order chi connectivity index (χ0) is 19.2. The molecule has 0 fully saturated rings. The minimum Gasteiger partial charge on any atom is -0.493 e. The lowest BCUT2D eigenvalue weighted by Gasteiger charge is -2.12. The maximum absolute atomic E-state index is 13.6. The highest BCUT2D eigenvalue weighted by molar-refractivity contribution is 6.06. The third kappa shape index (κ3) is 4.12. The second-order valence-electron chi connectivity index (χ2n) is 5.28. The van der Waals surface area contributed by atoms with Crippen LogP contribution in [0.3, 0.4) is 0 Å². The number of methoxy groups -OCH3 is 2. The first-order valence-electron chi connectivity index (χ1n) is 7.89. The summed E-state index contributed by atoms with van der Waals surface area (Å²) in [5, 5.41) is 2.66. The SMILES string of the molecule is COc1cccc(C(=O)Nc2cnc(Oc3ccccc3F)nc2)c1OC. The van der Waals surface area contributed by atoms with Gasteiger partial charge in [-0.05, 0) is 24.3 Å². The highest BCUT2D eigenvalue weighted by Gasteiger charge is 2.17. The summed E-state index contributed by atoms with van der Waals surface area (Å²) >= 11 is 0. The van der Waals surface area contributed by atoms with Crippen LogP contribution in [0, 0.1) is 5.82 Å². The summed E-state index contributed by atoms with van der Waals surface area (Å²) in [6.45, 7) is 0. The Kier molecular flexibility index (Phi) is 5.46. The van der Waals surface area contributed by atoms with Crippen molar-refractivity contribution in [2.75, 3.05) is 19.5 Å². The lowest BCUT2D eigenvalue weighted by Crippen LogP contribution is -2.14. The maximum atomic E-state index is 13.6. The van der Waals surface area contributed by atoms with Gasteiger partial charge in [-0.3, -0.25) is 4.79 Å². The number of nitrogens with one attached hydrogen (secondary N) is 1. The number of carbonyl (C=O) groups is 1. The van der Waals surface area contributed by atoms with Crippen molar-refractivity contribution in [2.45, 2.75) is 0 Å². The standard InChI is InChI=1S/C19H16FN3O4/c1-25-16-9-5-6-13(17(16)26-2)18(24)23-12-10-21-19(22-11-12)27-15-8-4-3-7-14(15)20/h3-11H,1-2H3,(H,23,24). The van der Waals surface area contributed by atoms with Crippen LogP contribution in [0.1, 0.15) is 10.4 Å². The van der Waals surface area contributed by atoms with Crippen molar-refractivity contribution in [1.82, 2.24) is 9.97 Å². The molecule has 0 saturated heterocycles. The smallest absolute Gasteiger partial charge is 0.322 e. The zero-order valence-electron chi connectivity index (χ0n) is 14.6. The molecule has 0 saturated carbocycles. The lowest BCUT2D eigenvalue weighted by molar-refractivity contribution is 0.102. The fraction of sp³-hybridized carbons (Fsp3) is 0.105. The second kappa shape index (κ2) is 8.13. The predicted octanol–water partition coefficient (Wildman–Crippen LogP) is 3.68. The van der Waals surface area contributed by atoms with Crippen LogP contribution >= 0.6 is 0 Å². The average Bonchev–Trinajstić information content (AvgIpc) is 2.70. The van der Waals surface area contributed by atoms with E-state index in [1.807, 2.05) is 0 Å². The van der Waals surface area contributed by atoms with E-state index in [0.717, 1.165) is 0 Å². The van der Waals surface area contributed by atoms with E-state index in [4.69, 9.17) is 14.2 Å². The summed E-state index contributed by atoms with van der Waals surface area (Å²) in [6, 6.07) is 10.8. The quantitative estimate of drug-likeness (QED) is 0.714. The Hall–Kier alpha value is -3.68. The molecule has 0 aliphatic carbocycles. The van der Waals surface area contributed by atoms with Crippen molar-refractivity contribution in [1.29, 1.82) is 0 Å². The van der Waals surface area contributed by atoms with Crippen LogP contribution in [0.2, 0.25) is 0 Å². The predicted molar refractivity (Wildman–Crippen MR) is 96.0 cm³/mol. The van der Waals surface area contributed by atoms with Crippen LogP contribution in [0.15, 0.2) is 54.9 Å². The zero-order valence-corrected chi connectivity index (χ0v) is 14.6. The van der Waals surface area contributed by atoms with Gasteiger partial charge in [0.15, 0.2) is 23.1 Å². The summed E-state index contributed by atoms with van der Waals surface area (Å²) in [6.07, 6.45) is 2.71. The molecule has 1 aromatic heterocycles. The third-order valence-corrected chi connectivity index (χ3v) is 3.57. The van der Waals surface area contributed by atoms with E-state index < -0.39 is 11.7 Å². The van der Waals surface area contributed by atoms with E-state index in [1.165, 1.54) is 38.7 Å². The minimum atomic E-state index is -0.524. The van der Waals surface area contributed by atoms with Gasteiger partial charge in [0, 0.05) is 0 Å². The number of anilines is 1. The molecule has 2 aromatic carbocycles. The molecule has 138 valence electrons. The summed E-state index contributed by atoms with van der Waals surface area (Å²) in [4.78, 5) is 20.4. The van der Waals surface area contributed by atoms with Crippen LogP contribution in [-0.4, -0.2) is 30.1 Å². The van der Waals surface area contributed by atoms with E-state index in [1.54, 1.807) is 30.3 Å². The Morgan fingerprint density at radius 1 is 0.963 bits per heavy atom. The normalized spacial score (nSPS) is 10.2. The van der Waals surface area contributed by atoms with Crippen LogP contribution in [0.5, 0.6) is 23.3 Å². The Bertz CT molecular complexity index is 948. The molecule has 27 heavy (non-hydrogen) atoms. The lowest BCUT2D eigenvalue weighted by atomic mass is 10.1. The molecule has 0 spiro atoms. The van der Waals surface area contributed by atoms with E-state index in [0.29, 0.717) is 22.7 Å². The fourth-order valence-corrected chi connectivity index (χ4v) is 2.32. The largest absolute Gasteiger partial charge is 0.493 e. The van der Waals surface area contributed by atoms with Gasteiger partial charge in [0.1, 0.15) is 0 Å². The molecule has 8 heteroatoms. The van der Waals surface area contributed by atoms with Gasteiger partial charge in [0.05, 0.1) is 37.9 Å². The van der Waals surface area contributed by atoms with E-state index in [2.05, 4.69) is 15.3 Å². The molecule has 1 amide bonds. The molecule has 3 aromatic rings. The van der Waals surface area contributed by atoms with Crippen LogP contribution < -0.4 is 19.5 Å². The molecule has 7 nitrogen and oxygen atoms in total. The molecule has 0 aliphatic heterocycles. The van der Waals surface area contributed by atoms with Crippen LogP contribution in [-0.2, 0) is 0 Å². The number of nitrogens with zero attached hydrogens (tertiary/aromatic N) is 2. The van der Waals surface area contributed by atoms with Crippen molar-refractivity contribution >= 4 is 11.6 Å². The molecular formula is C19H16FN3O4. The molecule has 0 aliphatic rings. The summed E-state index contributed by atoms with van der Waals surface area (Å²) in [7, 11) is 2.94. The van der Waals surface area contributed by atoms with Gasteiger partial charge in [0.2, 0.25) is 0 Å². The van der Waals surface area contributed by atoms with Crippen molar-refractivity contribution in [3.8, 4) is 23.3 Å². The number of para-hydroxylation sites is 2. The molecule has 0 radical (unpaired) electrons. The Labute approximate surface area is 154 Å². The number of carbonyl (C=O) groups excluding carboxylic acids is 1. The van der Waals surface area contributed by atoms with Crippen LogP contribution in [0.4, 0.5) is 10.1 Å². The first kappa shape index (κ1) is 18.1. The van der Waals surface area contributed by atoms with Crippen molar-refractivity contribution < 1.29 is 23.4 Å². The monoisotopic (exact) mass is 369 g/mol. The summed E-state index contributed by atoms with van der Waals surface area (Å²) in [5.41, 5.74) is 0.634. The van der Waals surface area contributed by atoms with Gasteiger partial charge in [0.25, 0.3) is 5.91 Å². The Balaban J connectivity index is 1.73. The van der Waals surface area contributed by atoms with Crippen molar-refractivity contribution in [3.63, 3.8) is 0 Å². The van der Waals surface area contributed by atoms with Gasteiger partial charge in [-0.25, -0.2) is 14.4 Å². The second-order valence-corrected chi connectivity index (χ2v) is 5.28. The number of aromatic nitrogens is 2. The number of hydrogen-bond acceptors (Lipinski definition) is 6. The third-order valence-electron chi connectivity index (χ3n) is 3.57.